The molecule has 0 aromatic heterocycles. The second-order valence-corrected chi connectivity index (χ2v) is 6.69. The summed E-state index contributed by atoms with van der Waals surface area (Å²) >= 11 is 6.10. The van der Waals surface area contributed by atoms with Gasteiger partial charge in [0, 0.05) is 36.9 Å². The molecule has 148 valence electrons. The molecule has 0 unspecified atom stereocenters. The van der Waals surface area contributed by atoms with Crippen LogP contribution in [0.2, 0.25) is 5.02 Å². The average Bonchev–Trinajstić information content (AvgIpc) is 3.10. The van der Waals surface area contributed by atoms with Crippen molar-refractivity contribution < 1.29 is 23.8 Å². The van der Waals surface area contributed by atoms with Gasteiger partial charge >= 0.3 is 0 Å². The number of nitrogens with one attached hydrogen (secondary N) is 1. The second-order valence-electron chi connectivity index (χ2n) is 6.28. The van der Waals surface area contributed by atoms with Crippen molar-refractivity contribution in [3.8, 4) is 17.2 Å². The first kappa shape index (κ1) is 19.8. The molecule has 2 aromatic rings. The van der Waals surface area contributed by atoms with Crippen LogP contribution in [0.5, 0.6) is 17.2 Å². The minimum absolute atomic E-state index is 0.117. The van der Waals surface area contributed by atoms with E-state index in [1.165, 1.54) is 14.2 Å². The number of hydrogen-bond acceptors (Lipinski definition) is 5. The summed E-state index contributed by atoms with van der Waals surface area (Å²) in [5, 5.41) is 3.19. The van der Waals surface area contributed by atoms with Gasteiger partial charge < -0.3 is 24.4 Å². The molecular weight excluding hydrogens is 384 g/mol. The number of anilines is 2. The standard InChI is InChI=1S/C20H21ClN2O5/c1-26-14-6-4-5-13(8-14)23-11-12(7-19(23)24)20(25)22-16-10-17(27-2)15(21)9-18(16)28-3/h4-6,8-10,12H,7,11H2,1-3H3,(H,22,25)/t12-/m1/s1. The van der Waals surface area contributed by atoms with Crippen LogP contribution in [0.3, 0.4) is 0 Å². The van der Waals surface area contributed by atoms with Crippen molar-refractivity contribution in [2.45, 2.75) is 6.42 Å². The fraction of sp³-hybridized carbons (Fsp3) is 0.300. The number of halogens is 1. The van der Waals surface area contributed by atoms with Gasteiger partial charge in [-0.25, -0.2) is 0 Å². The smallest absolute Gasteiger partial charge is 0.229 e. The molecule has 0 aliphatic carbocycles. The number of rotatable bonds is 6. The first-order valence-electron chi connectivity index (χ1n) is 8.63. The van der Waals surface area contributed by atoms with Crippen molar-refractivity contribution in [3.05, 3.63) is 41.4 Å². The highest BCUT2D eigenvalue weighted by Gasteiger charge is 2.35. The lowest BCUT2D eigenvalue weighted by atomic mass is 10.1. The SMILES string of the molecule is COc1cccc(N2C[C@H](C(=O)Nc3cc(OC)c(Cl)cc3OC)CC2=O)c1. The van der Waals surface area contributed by atoms with E-state index in [-0.39, 0.29) is 24.8 Å². The molecule has 3 rings (SSSR count). The molecule has 1 fully saturated rings. The van der Waals surface area contributed by atoms with Crippen LogP contribution in [0.25, 0.3) is 0 Å². The molecule has 1 saturated heterocycles. The number of nitrogens with zero attached hydrogens (tertiary/aromatic N) is 1. The summed E-state index contributed by atoms with van der Waals surface area (Å²) in [6, 6.07) is 10.3. The van der Waals surface area contributed by atoms with Gasteiger partial charge in [-0.15, -0.1) is 0 Å². The Morgan fingerprint density at radius 2 is 1.86 bits per heavy atom. The molecule has 28 heavy (non-hydrogen) atoms. The summed E-state index contributed by atoms with van der Waals surface area (Å²) in [5.41, 5.74) is 1.13. The Balaban J connectivity index is 1.76. The quantitative estimate of drug-likeness (QED) is 0.798. The molecule has 8 heteroatoms. The number of benzene rings is 2. The highest BCUT2D eigenvalue weighted by atomic mass is 35.5. The van der Waals surface area contributed by atoms with E-state index in [1.807, 2.05) is 6.07 Å². The Labute approximate surface area is 168 Å². The molecule has 1 atom stereocenters. The van der Waals surface area contributed by atoms with Crippen LogP contribution in [0.1, 0.15) is 6.42 Å². The van der Waals surface area contributed by atoms with E-state index in [1.54, 1.807) is 42.3 Å². The van der Waals surface area contributed by atoms with E-state index in [2.05, 4.69) is 5.32 Å². The minimum atomic E-state index is -0.495. The van der Waals surface area contributed by atoms with E-state index in [0.717, 1.165) is 0 Å². The predicted octanol–water partition coefficient (Wildman–Crippen LogP) is 3.36. The topological polar surface area (TPSA) is 77.1 Å². The summed E-state index contributed by atoms with van der Waals surface area (Å²) in [6.45, 7) is 0.283. The lowest BCUT2D eigenvalue weighted by Crippen LogP contribution is -2.28. The monoisotopic (exact) mass is 404 g/mol. The van der Waals surface area contributed by atoms with E-state index in [4.69, 9.17) is 25.8 Å². The molecule has 7 nitrogen and oxygen atoms in total. The molecule has 1 N–H and O–H groups in total. The molecule has 0 spiro atoms. The van der Waals surface area contributed by atoms with Gasteiger partial charge in [0.2, 0.25) is 11.8 Å². The zero-order chi connectivity index (χ0) is 20.3. The molecule has 2 aromatic carbocycles. The van der Waals surface area contributed by atoms with Gasteiger partial charge in [-0.1, -0.05) is 17.7 Å². The average molecular weight is 405 g/mol. The number of methoxy groups -OCH3 is 3. The van der Waals surface area contributed by atoms with Crippen LogP contribution in [0.15, 0.2) is 36.4 Å². The van der Waals surface area contributed by atoms with Crippen LogP contribution in [0.4, 0.5) is 11.4 Å². The maximum atomic E-state index is 12.8. The Morgan fingerprint density at radius 1 is 1.11 bits per heavy atom. The summed E-state index contributed by atoms with van der Waals surface area (Å²) in [7, 11) is 4.54. The number of carbonyl (C=O) groups excluding carboxylic acids is 2. The van der Waals surface area contributed by atoms with Crippen LogP contribution < -0.4 is 24.4 Å². The Morgan fingerprint density at radius 3 is 2.54 bits per heavy atom. The summed E-state index contributed by atoms with van der Waals surface area (Å²) in [5.74, 6) is 0.586. The number of hydrogen-bond donors (Lipinski definition) is 1. The first-order valence-corrected chi connectivity index (χ1v) is 9.01. The lowest BCUT2D eigenvalue weighted by Gasteiger charge is -2.18. The van der Waals surface area contributed by atoms with Crippen LogP contribution in [-0.2, 0) is 9.59 Å². The van der Waals surface area contributed by atoms with Gasteiger partial charge in [0.15, 0.2) is 0 Å². The minimum Gasteiger partial charge on any atom is -0.497 e. The van der Waals surface area contributed by atoms with Gasteiger partial charge in [-0.3, -0.25) is 9.59 Å². The third kappa shape index (κ3) is 3.99. The predicted molar refractivity (Wildman–Crippen MR) is 107 cm³/mol. The fourth-order valence-corrected chi connectivity index (χ4v) is 3.33. The van der Waals surface area contributed by atoms with E-state index >= 15 is 0 Å². The van der Waals surface area contributed by atoms with E-state index in [0.29, 0.717) is 33.6 Å². The maximum Gasteiger partial charge on any atom is 0.229 e. The van der Waals surface area contributed by atoms with Crippen molar-refractivity contribution in [2.24, 2.45) is 5.92 Å². The largest absolute Gasteiger partial charge is 0.497 e. The molecule has 0 bridgehead atoms. The summed E-state index contributed by atoms with van der Waals surface area (Å²) in [6.07, 6.45) is 0.121. The van der Waals surface area contributed by atoms with Crippen LogP contribution >= 0.6 is 11.6 Å². The first-order chi connectivity index (χ1) is 13.5. The van der Waals surface area contributed by atoms with Crippen LogP contribution in [0, 0.1) is 5.92 Å². The van der Waals surface area contributed by atoms with Crippen molar-refractivity contribution in [1.82, 2.24) is 0 Å². The number of carbonyl (C=O) groups is 2. The Hall–Kier alpha value is -2.93. The van der Waals surface area contributed by atoms with Crippen molar-refractivity contribution in [3.63, 3.8) is 0 Å². The van der Waals surface area contributed by atoms with Crippen LogP contribution in [-0.4, -0.2) is 39.7 Å². The van der Waals surface area contributed by atoms with E-state index in [9.17, 15) is 9.59 Å². The highest BCUT2D eigenvalue weighted by molar-refractivity contribution is 6.32. The molecule has 1 heterocycles. The van der Waals surface area contributed by atoms with Crippen molar-refractivity contribution in [2.75, 3.05) is 38.1 Å². The van der Waals surface area contributed by atoms with Gasteiger partial charge in [-0.2, -0.15) is 0 Å². The van der Waals surface area contributed by atoms with E-state index < -0.39 is 5.92 Å². The molecule has 1 aliphatic rings. The Kier molecular flexibility index (Phi) is 5.94. The van der Waals surface area contributed by atoms with Gasteiger partial charge in [-0.05, 0) is 12.1 Å². The third-order valence-corrected chi connectivity index (χ3v) is 4.89. The lowest BCUT2D eigenvalue weighted by molar-refractivity contribution is -0.122. The molecule has 2 amide bonds. The zero-order valence-electron chi connectivity index (χ0n) is 15.8. The molecule has 0 radical (unpaired) electrons. The molecular formula is C20H21ClN2O5. The number of amides is 2. The highest BCUT2D eigenvalue weighted by Crippen LogP contribution is 2.36. The second kappa shape index (κ2) is 8.39. The Bertz CT molecular complexity index is 902. The normalized spacial score (nSPS) is 16.1. The van der Waals surface area contributed by atoms with Gasteiger partial charge in [0.25, 0.3) is 0 Å². The van der Waals surface area contributed by atoms with Gasteiger partial charge in [0.1, 0.15) is 17.2 Å². The third-order valence-electron chi connectivity index (χ3n) is 4.59. The maximum absolute atomic E-state index is 12.8. The van der Waals surface area contributed by atoms with Crippen molar-refractivity contribution >= 4 is 34.8 Å². The zero-order valence-corrected chi connectivity index (χ0v) is 16.6. The molecule has 1 aliphatic heterocycles. The summed E-state index contributed by atoms with van der Waals surface area (Å²) < 4.78 is 15.7. The number of ether oxygens (including phenoxy) is 3. The summed E-state index contributed by atoms with van der Waals surface area (Å²) in [4.78, 5) is 26.8. The van der Waals surface area contributed by atoms with Crippen molar-refractivity contribution in [1.29, 1.82) is 0 Å². The fourth-order valence-electron chi connectivity index (χ4n) is 3.10. The van der Waals surface area contributed by atoms with Gasteiger partial charge in [0.05, 0.1) is 38.0 Å². The molecule has 0 saturated carbocycles.